The summed E-state index contributed by atoms with van der Waals surface area (Å²) in [5, 5.41) is 3.40. The summed E-state index contributed by atoms with van der Waals surface area (Å²) in [6, 6.07) is 23.1. The Bertz CT molecular complexity index is 1170. The van der Waals surface area contributed by atoms with E-state index < -0.39 is 0 Å². The standard InChI is InChI=1S/C28H30ClN3O3S/c1-2-34-26-18-22(8-13-25(26)35-20-27(33)30-24-11-9-23(29)10-12-24)28(36)32-16-14-31(15-17-32)19-21-6-4-3-5-7-21/h3-13,18H,2,14-17,19-20H2,1H3,(H,30,33). The second-order valence-corrected chi connectivity index (χ2v) is 9.32. The van der Waals surface area contributed by atoms with Gasteiger partial charge in [-0.15, -0.1) is 0 Å². The monoisotopic (exact) mass is 523 g/mol. The number of rotatable bonds is 9. The Morgan fingerprint density at radius 1 is 0.944 bits per heavy atom. The van der Waals surface area contributed by atoms with Gasteiger partial charge in [-0.2, -0.15) is 0 Å². The number of hydrogen-bond donors (Lipinski definition) is 1. The molecule has 4 rings (SSSR count). The molecular formula is C28H30ClN3O3S. The predicted octanol–water partition coefficient (Wildman–Crippen LogP) is 5.25. The molecule has 0 bridgehead atoms. The van der Waals surface area contributed by atoms with Gasteiger partial charge in [0, 0.05) is 49.0 Å². The van der Waals surface area contributed by atoms with Crippen LogP contribution in [0.2, 0.25) is 5.02 Å². The van der Waals surface area contributed by atoms with Crippen molar-refractivity contribution in [3.05, 3.63) is 88.9 Å². The van der Waals surface area contributed by atoms with Crippen LogP contribution in [0.25, 0.3) is 0 Å². The third-order valence-corrected chi connectivity index (χ3v) is 6.63. The first-order chi connectivity index (χ1) is 17.5. The van der Waals surface area contributed by atoms with Gasteiger partial charge in [-0.1, -0.05) is 54.2 Å². The molecule has 3 aromatic carbocycles. The van der Waals surface area contributed by atoms with Crippen LogP contribution in [0.3, 0.4) is 0 Å². The summed E-state index contributed by atoms with van der Waals surface area (Å²) in [4.78, 5) is 17.8. The molecule has 0 atom stereocenters. The van der Waals surface area contributed by atoms with Gasteiger partial charge in [0.05, 0.1) is 6.61 Å². The molecule has 0 aromatic heterocycles. The lowest BCUT2D eigenvalue weighted by Crippen LogP contribution is -2.48. The van der Waals surface area contributed by atoms with Crippen molar-refractivity contribution >= 4 is 40.4 Å². The molecule has 1 saturated heterocycles. The number of benzene rings is 3. The highest BCUT2D eigenvalue weighted by atomic mass is 35.5. The quantitative estimate of drug-likeness (QED) is 0.387. The van der Waals surface area contributed by atoms with Gasteiger partial charge in [-0.3, -0.25) is 9.69 Å². The highest BCUT2D eigenvalue weighted by Gasteiger charge is 2.21. The van der Waals surface area contributed by atoms with Crippen molar-refractivity contribution in [1.29, 1.82) is 0 Å². The van der Waals surface area contributed by atoms with Gasteiger partial charge in [0.2, 0.25) is 0 Å². The predicted molar refractivity (Wildman–Crippen MR) is 148 cm³/mol. The van der Waals surface area contributed by atoms with Crippen molar-refractivity contribution in [2.45, 2.75) is 13.5 Å². The van der Waals surface area contributed by atoms with E-state index in [1.54, 1.807) is 24.3 Å². The molecule has 0 unspecified atom stereocenters. The topological polar surface area (TPSA) is 54.0 Å². The summed E-state index contributed by atoms with van der Waals surface area (Å²) in [6.07, 6.45) is 0. The molecule has 1 aliphatic heterocycles. The van der Waals surface area contributed by atoms with Gasteiger partial charge in [0.15, 0.2) is 18.1 Å². The molecule has 8 heteroatoms. The minimum Gasteiger partial charge on any atom is -0.490 e. The van der Waals surface area contributed by atoms with Crippen LogP contribution in [0.1, 0.15) is 18.1 Å². The average molecular weight is 524 g/mol. The Kier molecular flexibility index (Phi) is 9.17. The Labute approximate surface area is 222 Å². The van der Waals surface area contributed by atoms with Crippen LogP contribution >= 0.6 is 23.8 Å². The minimum absolute atomic E-state index is 0.143. The fourth-order valence-corrected chi connectivity index (χ4v) is 4.47. The molecular weight excluding hydrogens is 494 g/mol. The second kappa shape index (κ2) is 12.7. The fourth-order valence-electron chi connectivity index (χ4n) is 4.04. The largest absolute Gasteiger partial charge is 0.490 e. The van der Waals surface area contributed by atoms with Crippen LogP contribution in [0.4, 0.5) is 5.69 Å². The minimum atomic E-state index is -0.271. The van der Waals surface area contributed by atoms with Gasteiger partial charge in [0.1, 0.15) is 4.99 Å². The van der Waals surface area contributed by atoms with E-state index in [9.17, 15) is 4.79 Å². The number of hydrogen-bond acceptors (Lipinski definition) is 5. The highest BCUT2D eigenvalue weighted by Crippen LogP contribution is 2.29. The van der Waals surface area contributed by atoms with Crippen molar-refractivity contribution < 1.29 is 14.3 Å². The van der Waals surface area contributed by atoms with Gasteiger partial charge in [0.25, 0.3) is 5.91 Å². The number of thiocarbonyl (C=S) groups is 1. The molecule has 1 heterocycles. The zero-order valence-electron chi connectivity index (χ0n) is 20.3. The van der Waals surface area contributed by atoms with Gasteiger partial charge in [-0.05, 0) is 55.0 Å². The number of carbonyl (C=O) groups excluding carboxylic acids is 1. The molecule has 6 nitrogen and oxygen atoms in total. The third-order valence-electron chi connectivity index (χ3n) is 5.89. The summed E-state index contributed by atoms with van der Waals surface area (Å²) in [6.45, 7) is 6.85. The van der Waals surface area contributed by atoms with Crippen LogP contribution in [-0.4, -0.2) is 60.1 Å². The van der Waals surface area contributed by atoms with Crippen molar-refractivity contribution in [2.24, 2.45) is 0 Å². The lowest BCUT2D eigenvalue weighted by atomic mass is 10.1. The van der Waals surface area contributed by atoms with Crippen LogP contribution in [-0.2, 0) is 11.3 Å². The average Bonchev–Trinajstić information content (AvgIpc) is 2.90. The molecule has 1 amide bonds. The van der Waals surface area contributed by atoms with E-state index in [-0.39, 0.29) is 12.5 Å². The first kappa shape index (κ1) is 25.9. The van der Waals surface area contributed by atoms with Crippen LogP contribution in [0, 0.1) is 0 Å². The molecule has 1 N–H and O–H groups in total. The zero-order valence-corrected chi connectivity index (χ0v) is 21.9. The maximum Gasteiger partial charge on any atom is 0.262 e. The molecule has 0 aliphatic carbocycles. The number of amides is 1. The fraction of sp³-hybridized carbons (Fsp3) is 0.286. The molecule has 0 spiro atoms. The maximum absolute atomic E-state index is 12.3. The summed E-state index contributed by atoms with van der Waals surface area (Å²) in [7, 11) is 0. The second-order valence-electron chi connectivity index (χ2n) is 8.49. The van der Waals surface area contributed by atoms with E-state index in [0.29, 0.717) is 28.8 Å². The van der Waals surface area contributed by atoms with E-state index in [4.69, 9.17) is 33.3 Å². The summed E-state index contributed by atoms with van der Waals surface area (Å²) >= 11 is 11.7. The lowest BCUT2D eigenvalue weighted by Gasteiger charge is -2.36. The van der Waals surface area contributed by atoms with Crippen LogP contribution < -0.4 is 14.8 Å². The van der Waals surface area contributed by atoms with Gasteiger partial charge < -0.3 is 19.7 Å². The highest BCUT2D eigenvalue weighted by molar-refractivity contribution is 7.80. The number of nitrogens with one attached hydrogen (secondary N) is 1. The summed E-state index contributed by atoms with van der Waals surface area (Å²) < 4.78 is 11.6. The molecule has 1 aliphatic rings. The molecule has 0 radical (unpaired) electrons. The number of halogens is 1. The Morgan fingerprint density at radius 2 is 1.67 bits per heavy atom. The number of piperazine rings is 1. The van der Waals surface area contributed by atoms with Crippen molar-refractivity contribution in [3.8, 4) is 11.5 Å². The number of anilines is 1. The molecule has 1 fully saturated rings. The first-order valence-corrected chi connectivity index (χ1v) is 12.8. The van der Waals surface area contributed by atoms with Crippen molar-refractivity contribution in [3.63, 3.8) is 0 Å². The summed E-state index contributed by atoms with van der Waals surface area (Å²) in [5.41, 5.74) is 2.89. The van der Waals surface area contributed by atoms with Gasteiger partial charge >= 0.3 is 0 Å². The zero-order chi connectivity index (χ0) is 25.3. The normalized spacial score (nSPS) is 13.8. The van der Waals surface area contributed by atoms with Gasteiger partial charge in [-0.25, -0.2) is 0 Å². The third kappa shape index (κ3) is 7.20. The SMILES string of the molecule is CCOc1cc(C(=S)N2CCN(Cc3ccccc3)CC2)ccc1OCC(=O)Nc1ccc(Cl)cc1. The van der Waals surface area contributed by atoms with Crippen LogP contribution in [0.15, 0.2) is 72.8 Å². The van der Waals surface area contributed by atoms with Crippen molar-refractivity contribution in [2.75, 3.05) is 44.7 Å². The van der Waals surface area contributed by atoms with E-state index in [1.165, 1.54) is 5.56 Å². The maximum atomic E-state index is 12.3. The number of ether oxygens (including phenoxy) is 2. The van der Waals surface area contributed by atoms with E-state index in [0.717, 1.165) is 43.3 Å². The van der Waals surface area contributed by atoms with E-state index in [2.05, 4.69) is 39.4 Å². The first-order valence-electron chi connectivity index (χ1n) is 12.0. The number of carbonyl (C=O) groups is 1. The summed E-state index contributed by atoms with van der Waals surface area (Å²) in [5.74, 6) is 0.800. The Balaban J connectivity index is 1.33. The Morgan fingerprint density at radius 3 is 2.36 bits per heavy atom. The smallest absolute Gasteiger partial charge is 0.262 e. The Hall–Kier alpha value is -3.13. The molecule has 3 aromatic rings. The molecule has 188 valence electrons. The number of nitrogens with zero attached hydrogens (tertiary/aromatic N) is 2. The lowest BCUT2D eigenvalue weighted by molar-refractivity contribution is -0.118. The molecule has 36 heavy (non-hydrogen) atoms. The van der Waals surface area contributed by atoms with E-state index >= 15 is 0 Å². The molecule has 0 saturated carbocycles. The van der Waals surface area contributed by atoms with E-state index in [1.807, 2.05) is 31.2 Å². The van der Waals surface area contributed by atoms with Crippen molar-refractivity contribution in [1.82, 2.24) is 9.80 Å². The van der Waals surface area contributed by atoms with Crippen LogP contribution in [0.5, 0.6) is 11.5 Å².